The van der Waals surface area contributed by atoms with Crippen molar-refractivity contribution in [2.24, 2.45) is 0 Å². The zero-order valence-corrected chi connectivity index (χ0v) is 14.7. The van der Waals surface area contributed by atoms with Gasteiger partial charge in [0.05, 0.1) is 0 Å². The van der Waals surface area contributed by atoms with Crippen molar-refractivity contribution in [2.45, 2.75) is 24.5 Å². The van der Waals surface area contributed by atoms with Crippen LogP contribution < -0.4 is 3.80 Å². The van der Waals surface area contributed by atoms with Crippen molar-refractivity contribution in [3.63, 3.8) is 0 Å². The second-order valence-corrected chi connectivity index (χ2v) is 7.96. The third kappa shape index (κ3) is 3.60. The molecule has 0 amide bonds. The first-order chi connectivity index (χ1) is 10.7. The van der Waals surface area contributed by atoms with Crippen molar-refractivity contribution < 1.29 is 19.4 Å². The van der Waals surface area contributed by atoms with Crippen molar-refractivity contribution in [2.75, 3.05) is 3.80 Å². The van der Waals surface area contributed by atoms with E-state index in [9.17, 15) is 0 Å². The van der Waals surface area contributed by atoms with Gasteiger partial charge in [-0.1, -0.05) is 0 Å². The number of allylic oxidation sites excluding steroid dienone is 4. The maximum absolute atomic E-state index is 3.66. The molecule has 22 heavy (non-hydrogen) atoms. The molecule has 0 aliphatic heterocycles. The zero-order chi connectivity index (χ0) is 15.4. The molecule has 0 radical (unpaired) electrons. The first-order valence-electron chi connectivity index (χ1n) is 7.77. The molecular formula is C20H21NTi. The summed E-state index contributed by atoms with van der Waals surface area (Å²) in [6.45, 7) is 4.54. The first-order valence-corrected chi connectivity index (χ1v) is 9.45. The molecule has 1 aliphatic carbocycles. The van der Waals surface area contributed by atoms with Crippen LogP contribution in [0.1, 0.15) is 35.6 Å². The van der Waals surface area contributed by atoms with Gasteiger partial charge in [0.25, 0.3) is 0 Å². The van der Waals surface area contributed by atoms with Gasteiger partial charge < -0.3 is 0 Å². The van der Waals surface area contributed by atoms with E-state index in [-0.39, 0.29) is 19.4 Å². The van der Waals surface area contributed by atoms with Crippen molar-refractivity contribution in [1.29, 1.82) is 0 Å². The Balaban J connectivity index is 1.75. The molecule has 1 aliphatic rings. The van der Waals surface area contributed by atoms with E-state index in [0.29, 0.717) is 4.22 Å². The first kappa shape index (κ1) is 15.3. The van der Waals surface area contributed by atoms with Crippen LogP contribution in [0, 0.1) is 0 Å². The number of benzene rings is 2. The molecule has 0 spiro atoms. The minimum atomic E-state index is -0.280. The fraction of sp³-hybridized carbons (Fsp3) is 0.200. The Labute approximate surface area is 142 Å². The summed E-state index contributed by atoms with van der Waals surface area (Å²) in [5.74, 6) is 0. The van der Waals surface area contributed by atoms with Crippen LogP contribution in [0.2, 0.25) is 0 Å². The summed E-state index contributed by atoms with van der Waals surface area (Å²) >= 11 is -0.280. The fourth-order valence-corrected chi connectivity index (χ4v) is 4.30. The summed E-state index contributed by atoms with van der Waals surface area (Å²) in [7, 11) is 0. The summed E-state index contributed by atoms with van der Waals surface area (Å²) < 4.78 is 4.26. The molecule has 0 aromatic heterocycles. The molecule has 1 unspecified atom stereocenters. The van der Waals surface area contributed by atoms with Crippen LogP contribution in [-0.4, -0.2) is 0 Å². The van der Waals surface area contributed by atoms with Crippen LogP contribution in [0.3, 0.4) is 0 Å². The normalized spacial score (nSPS) is 15.0. The van der Waals surface area contributed by atoms with Crippen molar-refractivity contribution >= 4 is 11.3 Å². The van der Waals surface area contributed by atoms with Crippen LogP contribution in [0.25, 0.3) is 5.57 Å². The van der Waals surface area contributed by atoms with E-state index in [1.54, 1.807) is 0 Å². The van der Waals surface area contributed by atoms with Crippen LogP contribution in [0.4, 0.5) is 5.69 Å². The van der Waals surface area contributed by atoms with Gasteiger partial charge in [0.15, 0.2) is 0 Å². The van der Waals surface area contributed by atoms with Gasteiger partial charge in [-0.05, 0) is 0 Å². The minimum absolute atomic E-state index is 0.280. The summed E-state index contributed by atoms with van der Waals surface area (Å²) in [4.78, 5) is 0. The van der Waals surface area contributed by atoms with Gasteiger partial charge >= 0.3 is 142 Å². The Morgan fingerprint density at radius 2 is 1.73 bits per heavy atom. The molecule has 2 aromatic carbocycles. The molecule has 0 fully saturated rings. The zero-order valence-electron chi connectivity index (χ0n) is 13.1. The second kappa shape index (κ2) is 7.13. The topological polar surface area (TPSA) is 12.0 Å². The summed E-state index contributed by atoms with van der Waals surface area (Å²) in [5, 5.41) is 0. The number of para-hydroxylation sites is 1. The molecule has 3 rings (SSSR count). The van der Waals surface area contributed by atoms with E-state index in [1.807, 2.05) is 0 Å². The Bertz CT molecular complexity index is 701. The quantitative estimate of drug-likeness (QED) is 0.707. The molecule has 1 nitrogen and oxygen atoms in total. The van der Waals surface area contributed by atoms with Crippen molar-refractivity contribution in [1.82, 2.24) is 0 Å². The second-order valence-electron chi connectivity index (χ2n) is 5.77. The molecular weight excluding hydrogens is 302 g/mol. The van der Waals surface area contributed by atoms with Gasteiger partial charge in [0.2, 0.25) is 0 Å². The molecule has 0 saturated heterocycles. The molecule has 0 saturated carbocycles. The average Bonchev–Trinajstić information content (AvgIpc) is 3.00. The number of nitrogens with one attached hydrogen (secondary N) is 1. The SMILES string of the molecule is CC1=CCC(c2ccccc2[CH](C)[Ti][NH]c2ccccc2)=C1. The van der Waals surface area contributed by atoms with Gasteiger partial charge in [0, 0.05) is 0 Å². The molecule has 2 aromatic rings. The predicted octanol–water partition coefficient (Wildman–Crippen LogP) is 5.59. The summed E-state index contributed by atoms with van der Waals surface area (Å²) in [5.41, 5.74) is 7.01. The molecule has 0 bridgehead atoms. The van der Waals surface area contributed by atoms with Crippen molar-refractivity contribution in [3.05, 3.63) is 83.4 Å². The van der Waals surface area contributed by atoms with Crippen LogP contribution in [0.15, 0.2) is 72.3 Å². The maximum atomic E-state index is 3.66. The van der Waals surface area contributed by atoms with Crippen molar-refractivity contribution in [3.8, 4) is 0 Å². The third-order valence-corrected chi connectivity index (χ3v) is 5.86. The summed E-state index contributed by atoms with van der Waals surface area (Å²) in [6.07, 6.45) is 5.72. The average molecular weight is 323 g/mol. The molecule has 1 N–H and O–H groups in total. The van der Waals surface area contributed by atoms with E-state index in [4.69, 9.17) is 0 Å². The van der Waals surface area contributed by atoms with E-state index >= 15 is 0 Å². The van der Waals surface area contributed by atoms with Gasteiger partial charge in [-0.15, -0.1) is 0 Å². The van der Waals surface area contributed by atoms with Gasteiger partial charge in [0.1, 0.15) is 0 Å². The molecule has 2 heteroatoms. The Morgan fingerprint density at radius 1 is 1.00 bits per heavy atom. The van der Waals surface area contributed by atoms with Gasteiger partial charge in [-0.25, -0.2) is 0 Å². The number of anilines is 1. The summed E-state index contributed by atoms with van der Waals surface area (Å²) in [6, 6.07) is 19.4. The number of hydrogen-bond acceptors (Lipinski definition) is 1. The Hall–Kier alpha value is -1.57. The Morgan fingerprint density at radius 3 is 2.45 bits per heavy atom. The molecule has 1 atom stereocenters. The van der Waals surface area contributed by atoms with Gasteiger partial charge in [-0.3, -0.25) is 0 Å². The van der Waals surface area contributed by atoms with E-state index in [2.05, 4.69) is 84.4 Å². The standard InChI is InChI=1S/C14H15.C6H6N.Ti/c1-3-12-6-4-5-7-14(12)13-9-8-11(2)10-13;7-6-4-2-1-3-5-6;/h3-8,10H,9H2,1-2H3;1-5,7H;/q;-1;+1. The number of hydrogen-bond donors (Lipinski definition) is 1. The number of rotatable bonds is 5. The molecule has 0 heterocycles. The van der Waals surface area contributed by atoms with Crippen LogP contribution >= 0.6 is 0 Å². The Kier molecular flexibility index (Phi) is 4.97. The monoisotopic (exact) mass is 323 g/mol. The van der Waals surface area contributed by atoms with Crippen LogP contribution in [-0.2, 0) is 19.4 Å². The van der Waals surface area contributed by atoms with E-state index in [1.165, 1.54) is 28.0 Å². The van der Waals surface area contributed by atoms with E-state index in [0.717, 1.165) is 6.42 Å². The van der Waals surface area contributed by atoms with E-state index < -0.39 is 0 Å². The van der Waals surface area contributed by atoms with Gasteiger partial charge in [-0.2, -0.15) is 0 Å². The molecule has 110 valence electrons. The third-order valence-electron chi connectivity index (χ3n) is 4.03. The predicted molar refractivity (Wildman–Crippen MR) is 91.3 cm³/mol. The fourth-order valence-electron chi connectivity index (χ4n) is 2.81. The van der Waals surface area contributed by atoms with Crippen LogP contribution in [0.5, 0.6) is 0 Å².